The zero-order valence-corrected chi connectivity index (χ0v) is 15.0. The molecule has 0 N–H and O–H groups in total. The van der Waals surface area contributed by atoms with Gasteiger partial charge in [-0.1, -0.05) is 28.9 Å². The van der Waals surface area contributed by atoms with Crippen LogP contribution in [0.4, 0.5) is 0 Å². The van der Waals surface area contributed by atoms with E-state index in [4.69, 9.17) is 0 Å². The van der Waals surface area contributed by atoms with E-state index in [2.05, 4.69) is 15.9 Å². The van der Waals surface area contributed by atoms with Crippen molar-refractivity contribution in [1.82, 2.24) is 9.21 Å². The van der Waals surface area contributed by atoms with Gasteiger partial charge in [0.25, 0.3) is 0 Å². The summed E-state index contributed by atoms with van der Waals surface area (Å²) in [6, 6.07) is 5.37. The molecule has 0 fully saturated rings. The molecule has 20 heavy (non-hydrogen) atoms. The van der Waals surface area contributed by atoms with Gasteiger partial charge in [0.2, 0.25) is 10.0 Å². The Morgan fingerprint density at radius 1 is 1.15 bits per heavy atom. The summed E-state index contributed by atoms with van der Waals surface area (Å²) in [7, 11) is 0.456. The highest BCUT2D eigenvalue weighted by Crippen LogP contribution is 2.24. The van der Waals surface area contributed by atoms with Crippen LogP contribution in [0.3, 0.4) is 0 Å². The van der Waals surface area contributed by atoms with Crippen LogP contribution in [0.2, 0.25) is 0 Å². The van der Waals surface area contributed by atoms with Crippen LogP contribution >= 0.6 is 15.9 Å². The van der Waals surface area contributed by atoms with E-state index in [-0.39, 0.29) is 0 Å². The second kappa shape index (κ2) is 7.54. The molecule has 0 spiro atoms. The quantitative estimate of drug-likeness (QED) is 0.748. The zero-order valence-electron chi connectivity index (χ0n) is 12.6. The molecule has 0 radical (unpaired) electrons. The Morgan fingerprint density at radius 3 is 2.35 bits per heavy atom. The van der Waals surface area contributed by atoms with Crippen LogP contribution in [0.1, 0.15) is 18.9 Å². The van der Waals surface area contributed by atoms with Crippen LogP contribution in [0.25, 0.3) is 0 Å². The Labute approximate surface area is 130 Å². The molecular formula is C14H23BrN2O2S. The molecule has 0 bridgehead atoms. The maximum atomic E-state index is 12.8. The lowest BCUT2D eigenvalue weighted by Crippen LogP contribution is -2.37. The highest BCUT2D eigenvalue weighted by atomic mass is 79.9. The second-order valence-electron chi connectivity index (χ2n) is 5.12. The number of halogens is 1. The molecule has 114 valence electrons. The summed E-state index contributed by atoms with van der Waals surface area (Å²) in [6.07, 6.45) is 0.805. The third-order valence-corrected chi connectivity index (χ3v) is 5.57. The van der Waals surface area contributed by atoms with E-state index < -0.39 is 10.0 Å². The number of rotatable bonds is 7. The molecular weight excluding hydrogens is 340 g/mol. The Morgan fingerprint density at radius 2 is 1.80 bits per heavy atom. The van der Waals surface area contributed by atoms with Crippen LogP contribution in [-0.4, -0.2) is 51.4 Å². The van der Waals surface area contributed by atoms with E-state index in [1.165, 1.54) is 0 Å². The summed E-state index contributed by atoms with van der Waals surface area (Å²) in [5.74, 6) is 0. The monoisotopic (exact) mass is 362 g/mol. The van der Waals surface area contributed by atoms with Gasteiger partial charge >= 0.3 is 0 Å². The zero-order chi connectivity index (χ0) is 15.3. The normalized spacial score (nSPS) is 12.3. The van der Waals surface area contributed by atoms with Crippen molar-refractivity contribution < 1.29 is 8.42 Å². The molecule has 0 aliphatic heterocycles. The maximum absolute atomic E-state index is 12.8. The van der Waals surface area contributed by atoms with Crippen molar-refractivity contribution in [3.05, 3.63) is 28.2 Å². The summed E-state index contributed by atoms with van der Waals surface area (Å²) < 4.78 is 27.9. The molecule has 4 nitrogen and oxygen atoms in total. The lowest BCUT2D eigenvalue weighted by atomic mass is 10.2. The van der Waals surface area contributed by atoms with Gasteiger partial charge in [-0.05, 0) is 45.1 Å². The molecule has 0 heterocycles. The van der Waals surface area contributed by atoms with Crippen molar-refractivity contribution in [2.45, 2.75) is 25.2 Å². The molecule has 0 saturated carbocycles. The Bertz CT molecular complexity index is 544. The van der Waals surface area contributed by atoms with E-state index in [0.29, 0.717) is 24.5 Å². The fraction of sp³-hybridized carbons (Fsp3) is 0.571. The van der Waals surface area contributed by atoms with Gasteiger partial charge in [-0.15, -0.1) is 0 Å². The first-order valence-electron chi connectivity index (χ1n) is 6.70. The molecule has 0 amide bonds. The Kier molecular flexibility index (Phi) is 6.64. The fourth-order valence-corrected chi connectivity index (χ4v) is 4.19. The first-order valence-corrected chi connectivity index (χ1v) is 8.93. The molecule has 0 aliphatic carbocycles. The van der Waals surface area contributed by atoms with Gasteiger partial charge in [-0.3, -0.25) is 0 Å². The number of sulfonamides is 1. The maximum Gasteiger partial charge on any atom is 0.243 e. The average molecular weight is 363 g/mol. The van der Waals surface area contributed by atoms with Gasteiger partial charge in [0, 0.05) is 24.1 Å². The van der Waals surface area contributed by atoms with E-state index >= 15 is 0 Å². The third-order valence-electron chi connectivity index (χ3n) is 3.04. The first-order chi connectivity index (χ1) is 9.28. The number of aryl methyl sites for hydroxylation is 1. The standard InChI is InChI=1S/C14H23BrN2O2S/c1-5-8-17(10-9-16(3)4)20(18,19)14-11-13(15)7-6-12(14)2/h6-7,11H,5,8-10H2,1-4H3. The van der Waals surface area contributed by atoms with Gasteiger partial charge in [-0.25, -0.2) is 8.42 Å². The number of hydrogen-bond donors (Lipinski definition) is 0. The summed E-state index contributed by atoms with van der Waals surface area (Å²) in [5, 5.41) is 0. The van der Waals surface area contributed by atoms with Crippen molar-refractivity contribution >= 4 is 26.0 Å². The number of likely N-dealkylation sites (N-methyl/N-ethyl adjacent to an activating group) is 1. The summed E-state index contributed by atoms with van der Waals surface area (Å²) >= 11 is 3.35. The van der Waals surface area contributed by atoms with Crippen LogP contribution < -0.4 is 0 Å². The van der Waals surface area contributed by atoms with Gasteiger partial charge in [-0.2, -0.15) is 4.31 Å². The molecule has 1 aromatic carbocycles. The van der Waals surface area contributed by atoms with Gasteiger partial charge in [0.1, 0.15) is 0 Å². The molecule has 6 heteroatoms. The van der Waals surface area contributed by atoms with Crippen molar-refractivity contribution in [3.8, 4) is 0 Å². The van der Waals surface area contributed by atoms with Crippen molar-refractivity contribution in [2.24, 2.45) is 0 Å². The highest BCUT2D eigenvalue weighted by molar-refractivity contribution is 9.10. The molecule has 0 aromatic heterocycles. The second-order valence-corrected chi connectivity index (χ2v) is 7.94. The molecule has 0 unspecified atom stereocenters. The van der Waals surface area contributed by atoms with Crippen molar-refractivity contribution in [1.29, 1.82) is 0 Å². The smallest absolute Gasteiger partial charge is 0.243 e. The van der Waals surface area contributed by atoms with Crippen LogP contribution in [0.5, 0.6) is 0 Å². The number of hydrogen-bond acceptors (Lipinski definition) is 3. The topological polar surface area (TPSA) is 40.6 Å². The summed E-state index contributed by atoms with van der Waals surface area (Å²) in [6.45, 7) is 5.59. The van der Waals surface area contributed by atoms with Crippen LogP contribution in [0, 0.1) is 6.92 Å². The fourth-order valence-electron chi connectivity index (χ4n) is 1.90. The number of benzene rings is 1. The van der Waals surface area contributed by atoms with Gasteiger partial charge in [0.05, 0.1) is 4.90 Å². The van der Waals surface area contributed by atoms with E-state index in [0.717, 1.165) is 16.5 Å². The minimum atomic E-state index is -3.44. The predicted octanol–water partition coefficient (Wildman–Crippen LogP) is 2.72. The average Bonchev–Trinajstić information content (AvgIpc) is 2.36. The van der Waals surface area contributed by atoms with E-state index in [1.54, 1.807) is 10.4 Å². The van der Waals surface area contributed by atoms with Crippen LogP contribution in [0.15, 0.2) is 27.6 Å². The summed E-state index contributed by atoms with van der Waals surface area (Å²) in [4.78, 5) is 2.38. The largest absolute Gasteiger partial charge is 0.308 e. The van der Waals surface area contributed by atoms with Gasteiger partial charge < -0.3 is 4.90 Å². The highest BCUT2D eigenvalue weighted by Gasteiger charge is 2.25. The minimum absolute atomic E-state index is 0.388. The molecule has 1 rings (SSSR count). The molecule has 0 atom stereocenters. The molecule has 0 aliphatic rings. The lowest BCUT2D eigenvalue weighted by Gasteiger charge is -2.24. The van der Waals surface area contributed by atoms with Gasteiger partial charge in [0.15, 0.2) is 0 Å². The van der Waals surface area contributed by atoms with Crippen molar-refractivity contribution in [2.75, 3.05) is 33.7 Å². The first kappa shape index (κ1) is 17.6. The Balaban J connectivity index is 3.12. The van der Waals surface area contributed by atoms with Crippen molar-refractivity contribution in [3.63, 3.8) is 0 Å². The lowest BCUT2D eigenvalue weighted by molar-refractivity contribution is 0.333. The predicted molar refractivity (Wildman–Crippen MR) is 86.5 cm³/mol. The van der Waals surface area contributed by atoms with E-state index in [1.807, 2.05) is 45.0 Å². The third kappa shape index (κ3) is 4.55. The van der Waals surface area contributed by atoms with E-state index in [9.17, 15) is 8.42 Å². The summed E-state index contributed by atoms with van der Waals surface area (Å²) in [5.41, 5.74) is 0.777. The SMILES string of the molecule is CCCN(CCN(C)C)S(=O)(=O)c1cc(Br)ccc1C. The molecule has 0 saturated heterocycles. The minimum Gasteiger partial charge on any atom is -0.308 e. The Hall–Kier alpha value is -0.430. The number of nitrogens with zero attached hydrogens (tertiary/aromatic N) is 2. The molecule has 1 aromatic rings. The van der Waals surface area contributed by atoms with Crippen LogP contribution in [-0.2, 0) is 10.0 Å².